The maximum Gasteiger partial charge on any atom is 0.341 e. The SMILES string of the molecule is COC(=O)c1cc(-c2cccs2)cnc1Nc1nc(-c2cccc(OCc3ccccc3)c2)c(CC(C)C)s1. The Morgan fingerprint density at radius 2 is 1.85 bits per heavy atom. The number of anilines is 2. The summed E-state index contributed by atoms with van der Waals surface area (Å²) in [7, 11) is 1.37. The van der Waals surface area contributed by atoms with Gasteiger partial charge in [-0.25, -0.2) is 14.8 Å². The summed E-state index contributed by atoms with van der Waals surface area (Å²) in [5.41, 5.74) is 4.22. The minimum Gasteiger partial charge on any atom is -0.489 e. The van der Waals surface area contributed by atoms with Crippen molar-refractivity contribution in [3.8, 4) is 27.4 Å². The summed E-state index contributed by atoms with van der Waals surface area (Å²) in [5, 5.41) is 5.95. The van der Waals surface area contributed by atoms with E-state index < -0.39 is 5.97 Å². The molecule has 198 valence electrons. The van der Waals surface area contributed by atoms with Crippen molar-refractivity contribution >= 4 is 39.6 Å². The largest absolute Gasteiger partial charge is 0.489 e. The molecule has 0 saturated carbocycles. The normalized spacial score (nSPS) is 11.0. The Hall–Kier alpha value is -4.01. The number of benzene rings is 2. The van der Waals surface area contributed by atoms with Gasteiger partial charge in [-0.2, -0.15) is 0 Å². The molecule has 0 atom stereocenters. The third-order valence-corrected chi connectivity index (χ3v) is 7.88. The number of thiazole rings is 1. The van der Waals surface area contributed by atoms with Crippen molar-refractivity contribution < 1.29 is 14.3 Å². The number of nitrogens with one attached hydrogen (secondary N) is 1. The highest BCUT2D eigenvalue weighted by Crippen LogP contribution is 2.36. The number of rotatable bonds is 10. The van der Waals surface area contributed by atoms with Gasteiger partial charge >= 0.3 is 5.97 Å². The summed E-state index contributed by atoms with van der Waals surface area (Å²) in [6.07, 6.45) is 2.64. The van der Waals surface area contributed by atoms with Crippen LogP contribution in [0.3, 0.4) is 0 Å². The lowest BCUT2D eigenvalue weighted by Crippen LogP contribution is -2.07. The highest BCUT2D eigenvalue weighted by atomic mass is 32.1. The van der Waals surface area contributed by atoms with Crippen LogP contribution in [-0.2, 0) is 17.8 Å². The standard InChI is InChI=1S/C31H29N3O3S2/c1-20(2)15-27-28(22-11-7-12-24(16-22)37-19-21-9-5-4-6-10-21)33-31(39-27)34-29-25(30(35)36-3)17-23(18-32-29)26-13-8-14-38-26/h4-14,16-18,20H,15,19H2,1-3H3,(H,32,33,34). The van der Waals surface area contributed by atoms with Gasteiger partial charge in [0.05, 0.1) is 12.8 Å². The summed E-state index contributed by atoms with van der Waals surface area (Å²) >= 11 is 3.16. The zero-order chi connectivity index (χ0) is 27.2. The predicted octanol–water partition coefficient (Wildman–Crippen LogP) is 8.24. The first-order valence-corrected chi connectivity index (χ1v) is 14.4. The van der Waals surface area contributed by atoms with Crippen molar-refractivity contribution in [1.29, 1.82) is 0 Å². The molecule has 0 fully saturated rings. The number of nitrogens with zero attached hydrogens (tertiary/aromatic N) is 2. The van der Waals surface area contributed by atoms with E-state index in [4.69, 9.17) is 14.5 Å². The van der Waals surface area contributed by atoms with E-state index in [0.717, 1.165) is 44.3 Å². The number of thiophene rings is 1. The predicted molar refractivity (Wildman–Crippen MR) is 159 cm³/mol. The minimum atomic E-state index is -0.453. The van der Waals surface area contributed by atoms with Crippen molar-refractivity contribution in [1.82, 2.24) is 9.97 Å². The molecule has 0 spiro atoms. The molecule has 2 aromatic carbocycles. The molecule has 5 rings (SSSR count). The fourth-order valence-corrected chi connectivity index (χ4v) is 6.03. The molecule has 0 radical (unpaired) electrons. The number of methoxy groups -OCH3 is 1. The van der Waals surface area contributed by atoms with E-state index in [1.807, 2.05) is 78.2 Å². The molecule has 0 bridgehead atoms. The van der Waals surface area contributed by atoms with Gasteiger partial charge in [0.25, 0.3) is 0 Å². The Balaban J connectivity index is 1.44. The summed E-state index contributed by atoms with van der Waals surface area (Å²) in [6, 6.07) is 23.9. The first kappa shape index (κ1) is 26.6. The van der Waals surface area contributed by atoms with Crippen LogP contribution in [0.2, 0.25) is 0 Å². The van der Waals surface area contributed by atoms with E-state index in [2.05, 4.69) is 24.1 Å². The minimum absolute atomic E-state index is 0.363. The van der Waals surface area contributed by atoms with Gasteiger partial charge in [0.1, 0.15) is 23.7 Å². The highest BCUT2D eigenvalue weighted by molar-refractivity contribution is 7.16. The molecule has 3 heterocycles. The van der Waals surface area contributed by atoms with Gasteiger partial charge in [-0.15, -0.1) is 22.7 Å². The van der Waals surface area contributed by atoms with Gasteiger partial charge in [0, 0.05) is 27.1 Å². The Morgan fingerprint density at radius 1 is 1.00 bits per heavy atom. The van der Waals surface area contributed by atoms with E-state index in [-0.39, 0.29) is 0 Å². The highest BCUT2D eigenvalue weighted by Gasteiger charge is 2.20. The van der Waals surface area contributed by atoms with E-state index in [1.54, 1.807) is 28.9 Å². The third kappa shape index (κ3) is 6.53. The number of hydrogen-bond acceptors (Lipinski definition) is 8. The van der Waals surface area contributed by atoms with Crippen molar-refractivity contribution in [3.05, 3.63) is 100 Å². The van der Waals surface area contributed by atoms with Crippen molar-refractivity contribution in [3.63, 3.8) is 0 Å². The number of hydrogen-bond donors (Lipinski definition) is 1. The van der Waals surface area contributed by atoms with E-state index in [9.17, 15) is 4.79 Å². The summed E-state index contributed by atoms with van der Waals surface area (Å²) in [4.78, 5) is 24.4. The zero-order valence-electron chi connectivity index (χ0n) is 22.0. The van der Waals surface area contributed by atoms with E-state index in [0.29, 0.717) is 29.0 Å². The molecule has 5 aromatic rings. The van der Waals surface area contributed by atoms with Gasteiger partial charge in [0.15, 0.2) is 5.13 Å². The molecular weight excluding hydrogens is 526 g/mol. The molecular formula is C31H29N3O3S2. The molecule has 0 aliphatic heterocycles. The van der Waals surface area contributed by atoms with Crippen LogP contribution in [0.5, 0.6) is 5.75 Å². The molecule has 3 aromatic heterocycles. The number of aromatic nitrogens is 2. The van der Waals surface area contributed by atoms with Crippen LogP contribution in [0.25, 0.3) is 21.7 Å². The number of pyridine rings is 1. The quantitative estimate of drug-likeness (QED) is 0.175. The monoisotopic (exact) mass is 555 g/mol. The zero-order valence-corrected chi connectivity index (χ0v) is 23.6. The Kier molecular flexibility index (Phi) is 8.34. The molecule has 0 unspecified atom stereocenters. The van der Waals surface area contributed by atoms with Crippen molar-refractivity contribution in [2.45, 2.75) is 26.9 Å². The first-order chi connectivity index (χ1) is 19.0. The van der Waals surface area contributed by atoms with Crippen LogP contribution in [0.15, 0.2) is 84.4 Å². The fraction of sp³-hybridized carbons (Fsp3) is 0.194. The molecule has 0 amide bonds. The van der Waals surface area contributed by atoms with Gasteiger partial charge < -0.3 is 14.8 Å². The lowest BCUT2D eigenvalue weighted by atomic mass is 10.0. The van der Waals surface area contributed by atoms with Crippen molar-refractivity contribution in [2.24, 2.45) is 5.92 Å². The van der Waals surface area contributed by atoms with Gasteiger partial charge in [0.2, 0.25) is 0 Å². The van der Waals surface area contributed by atoms with Gasteiger partial charge in [-0.1, -0.05) is 62.4 Å². The average Bonchev–Trinajstić information content (AvgIpc) is 3.63. The molecule has 8 heteroatoms. The van der Waals surface area contributed by atoms with Crippen LogP contribution >= 0.6 is 22.7 Å². The summed E-state index contributed by atoms with van der Waals surface area (Å²) in [6.45, 7) is 4.88. The number of ether oxygens (including phenoxy) is 2. The van der Waals surface area contributed by atoms with Gasteiger partial charge in [-0.05, 0) is 47.5 Å². The van der Waals surface area contributed by atoms with Crippen LogP contribution in [0, 0.1) is 5.92 Å². The summed E-state index contributed by atoms with van der Waals surface area (Å²) in [5.74, 6) is 1.20. The number of esters is 1. The number of carbonyl (C=O) groups is 1. The molecule has 39 heavy (non-hydrogen) atoms. The molecule has 6 nitrogen and oxygen atoms in total. The van der Waals surface area contributed by atoms with Crippen LogP contribution in [0.4, 0.5) is 10.9 Å². The van der Waals surface area contributed by atoms with Crippen molar-refractivity contribution in [2.75, 3.05) is 12.4 Å². The Morgan fingerprint density at radius 3 is 2.59 bits per heavy atom. The molecule has 0 aliphatic rings. The lowest BCUT2D eigenvalue weighted by Gasteiger charge is -2.09. The first-order valence-electron chi connectivity index (χ1n) is 12.7. The average molecular weight is 556 g/mol. The Labute approximate surface area is 236 Å². The second kappa shape index (κ2) is 12.2. The number of carbonyl (C=O) groups excluding carboxylic acids is 1. The van der Waals surface area contributed by atoms with E-state index >= 15 is 0 Å². The molecule has 0 aliphatic carbocycles. The lowest BCUT2D eigenvalue weighted by molar-refractivity contribution is 0.0601. The maximum absolute atomic E-state index is 12.7. The third-order valence-electron chi connectivity index (χ3n) is 5.97. The second-order valence-corrected chi connectivity index (χ2v) is 11.4. The summed E-state index contributed by atoms with van der Waals surface area (Å²) < 4.78 is 11.1. The maximum atomic E-state index is 12.7. The van der Waals surface area contributed by atoms with E-state index in [1.165, 1.54) is 7.11 Å². The fourth-order valence-electron chi connectivity index (χ4n) is 4.12. The second-order valence-electron chi connectivity index (χ2n) is 9.40. The molecule has 1 N–H and O–H groups in total. The molecule has 0 saturated heterocycles. The topological polar surface area (TPSA) is 73.3 Å². The van der Waals surface area contributed by atoms with Crippen LogP contribution < -0.4 is 10.1 Å². The van der Waals surface area contributed by atoms with Crippen LogP contribution in [0.1, 0.15) is 34.6 Å². The Bertz CT molecular complexity index is 1550. The smallest absolute Gasteiger partial charge is 0.341 e. The van der Waals surface area contributed by atoms with Gasteiger partial charge in [-0.3, -0.25) is 0 Å². The van der Waals surface area contributed by atoms with Crippen LogP contribution in [-0.4, -0.2) is 23.0 Å².